The molecule has 3 rings (SSSR count). The van der Waals surface area contributed by atoms with Crippen LogP contribution >= 0.6 is 0 Å². The van der Waals surface area contributed by atoms with Crippen molar-refractivity contribution in [1.29, 1.82) is 0 Å². The maximum atomic E-state index is 12.2. The van der Waals surface area contributed by atoms with Crippen LogP contribution in [-0.2, 0) is 14.3 Å². The average molecular weight is 235 g/mol. The molecule has 0 aromatic heterocycles. The van der Waals surface area contributed by atoms with Crippen LogP contribution in [0.25, 0.3) is 0 Å². The maximum Gasteiger partial charge on any atom is 0.313 e. The third kappa shape index (κ3) is 1.99. The van der Waals surface area contributed by atoms with Crippen molar-refractivity contribution in [2.75, 3.05) is 13.6 Å². The van der Waals surface area contributed by atoms with E-state index < -0.39 is 0 Å². The van der Waals surface area contributed by atoms with Crippen molar-refractivity contribution in [1.82, 2.24) is 4.90 Å². The Balaban J connectivity index is 2.15. The minimum Gasteiger partial charge on any atom is -0.457 e. The second-order valence-corrected chi connectivity index (χ2v) is 4.72. The van der Waals surface area contributed by atoms with E-state index in [-0.39, 0.29) is 29.8 Å². The molecule has 4 nitrogen and oxygen atoms in total. The lowest BCUT2D eigenvalue weighted by Gasteiger charge is -2.40. The number of esters is 1. The van der Waals surface area contributed by atoms with Crippen LogP contribution in [0.5, 0.6) is 0 Å². The Kier molecular flexibility index (Phi) is 3.05. The Morgan fingerprint density at radius 3 is 3.00 bits per heavy atom. The van der Waals surface area contributed by atoms with E-state index in [0.717, 1.165) is 5.57 Å². The van der Waals surface area contributed by atoms with Gasteiger partial charge in [-0.15, -0.1) is 6.58 Å². The third-order valence-corrected chi connectivity index (χ3v) is 3.43. The zero-order valence-electron chi connectivity index (χ0n) is 10.2. The molecule has 0 spiro atoms. The lowest BCUT2D eigenvalue weighted by molar-refractivity contribution is -0.167. The molecular weight excluding hydrogens is 218 g/mol. The molecule has 0 aromatic carbocycles. The number of fused-ring (bicyclic) bond motifs is 2. The first-order valence-corrected chi connectivity index (χ1v) is 5.79. The summed E-state index contributed by atoms with van der Waals surface area (Å²) in [6.07, 6.45) is 3.81. The minimum atomic E-state index is -0.368. The van der Waals surface area contributed by atoms with Crippen molar-refractivity contribution in [3.05, 3.63) is 24.3 Å². The van der Waals surface area contributed by atoms with E-state index >= 15 is 0 Å². The number of hydrogen-bond donors (Lipinski definition) is 0. The molecule has 0 aromatic rings. The number of hydrogen-bond acceptors (Lipinski definition) is 3. The number of carbonyl (C=O) groups is 2. The summed E-state index contributed by atoms with van der Waals surface area (Å²) >= 11 is 0. The Morgan fingerprint density at radius 2 is 2.41 bits per heavy atom. The van der Waals surface area contributed by atoms with E-state index in [2.05, 4.69) is 6.58 Å². The summed E-state index contributed by atoms with van der Waals surface area (Å²) in [7, 11) is 1.74. The van der Waals surface area contributed by atoms with E-state index in [1.807, 2.05) is 13.0 Å². The fourth-order valence-corrected chi connectivity index (χ4v) is 2.54. The van der Waals surface area contributed by atoms with Gasteiger partial charge in [-0.1, -0.05) is 12.2 Å². The van der Waals surface area contributed by atoms with E-state index in [1.54, 1.807) is 18.0 Å². The zero-order chi connectivity index (χ0) is 12.6. The van der Waals surface area contributed by atoms with Crippen LogP contribution in [0.3, 0.4) is 0 Å². The molecule has 1 amide bonds. The highest BCUT2D eigenvalue weighted by Crippen LogP contribution is 2.37. The van der Waals surface area contributed by atoms with Crippen molar-refractivity contribution in [2.45, 2.75) is 19.4 Å². The molecule has 2 heterocycles. The molecular formula is C13H17NO3. The molecule has 2 aliphatic heterocycles. The van der Waals surface area contributed by atoms with Gasteiger partial charge in [-0.2, -0.15) is 0 Å². The Labute approximate surface area is 101 Å². The zero-order valence-corrected chi connectivity index (χ0v) is 10.2. The first kappa shape index (κ1) is 11.9. The summed E-state index contributed by atoms with van der Waals surface area (Å²) in [5, 5.41) is 0. The van der Waals surface area contributed by atoms with Crippen LogP contribution in [0.2, 0.25) is 0 Å². The van der Waals surface area contributed by atoms with Crippen molar-refractivity contribution < 1.29 is 14.3 Å². The van der Waals surface area contributed by atoms with Crippen molar-refractivity contribution in [3.63, 3.8) is 0 Å². The highest BCUT2D eigenvalue weighted by atomic mass is 16.5. The maximum absolute atomic E-state index is 12.2. The van der Waals surface area contributed by atoms with Crippen molar-refractivity contribution in [2.24, 2.45) is 11.8 Å². The van der Waals surface area contributed by atoms with Crippen molar-refractivity contribution in [3.8, 4) is 0 Å². The first-order valence-electron chi connectivity index (χ1n) is 5.79. The molecule has 3 unspecified atom stereocenters. The molecule has 1 aliphatic carbocycles. The molecule has 0 saturated carbocycles. The molecule has 1 saturated heterocycles. The molecule has 0 N–H and O–H groups in total. The van der Waals surface area contributed by atoms with Crippen LogP contribution < -0.4 is 0 Å². The molecule has 2 bridgehead atoms. The predicted molar refractivity (Wildman–Crippen MR) is 63.1 cm³/mol. The highest BCUT2D eigenvalue weighted by Gasteiger charge is 2.46. The Hall–Kier alpha value is -1.58. The van der Waals surface area contributed by atoms with E-state index in [9.17, 15) is 9.59 Å². The van der Waals surface area contributed by atoms with Gasteiger partial charge in [0.05, 0.1) is 11.8 Å². The molecule has 17 heavy (non-hydrogen) atoms. The summed E-state index contributed by atoms with van der Waals surface area (Å²) < 4.78 is 5.28. The van der Waals surface area contributed by atoms with Gasteiger partial charge in [0.2, 0.25) is 5.91 Å². The van der Waals surface area contributed by atoms with Crippen LogP contribution in [0, 0.1) is 11.8 Å². The first-order chi connectivity index (χ1) is 8.04. The molecule has 3 atom stereocenters. The van der Waals surface area contributed by atoms with Gasteiger partial charge in [-0.25, -0.2) is 0 Å². The largest absolute Gasteiger partial charge is 0.457 e. The quantitative estimate of drug-likeness (QED) is 0.544. The van der Waals surface area contributed by atoms with Gasteiger partial charge in [0.25, 0.3) is 0 Å². The summed E-state index contributed by atoms with van der Waals surface area (Å²) in [6.45, 7) is 6.04. The van der Waals surface area contributed by atoms with Crippen LogP contribution in [-0.4, -0.2) is 36.5 Å². The van der Waals surface area contributed by atoms with Crippen LogP contribution in [0.4, 0.5) is 0 Å². The molecule has 0 radical (unpaired) electrons. The van der Waals surface area contributed by atoms with Crippen molar-refractivity contribution >= 4 is 11.9 Å². The lowest BCUT2D eigenvalue weighted by atomic mass is 9.77. The summed E-state index contributed by atoms with van der Waals surface area (Å²) in [4.78, 5) is 25.3. The molecule has 92 valence electrons. The van der Waals surface area contributed by atoms with Crippen LogP contribution in [0.1, 0.15) is 13.3 Å². The van der Waals surface area contributed by atoms with Crippen LogP contribution in [0.15, 0.2) is 24.3 Å². The van der Waals surface area contributed by atoms with E-state index in [1.165, 1.54) is 0 Å². The average Bonchev–Trinajstić information content (AvgIpc) is 2.30. The molecule has 4 heteroatoms. The third-order valence-electron chi connectivity index (χ3n) is 3.43. The predicted octanol–water partition coefficient (Wildman–Crippen LogP) is 1.14. The standard InChI is InChI=1S/C13H17NO3/c1-4-5-14(3)12(15)10-7-9-6-8(2)11(10)17-13(9)16/h4,6,9-11H,1,5,7H2,2-3H3. The van der Waals surface area contributed by atoms with Gasteiger partial charge in [0.15, 0.2) is 0 Å². The van der Waals surface area contributed by atoms with E-state index in [4.69, 9.17) is 4.74 Å². The van der Waals surface area contributed by atoms with Gasteiger partial charge in [0.1, 0.15) is 6.10 Å². The summed E-state index contributed by atoms with van der Waals surface area (Å²) in [6, 6.07) is 0. The van der Waals surface area contributed by atoms with Gasteiger partial charge < -0.3 is 9.64 Å². The Bertz CT molecular complexity index is 399. The summed E-state index contributed by atoms with van der Waals surface area (Å²) in [5.74, 6) is -0.644. The SMILES string of the molecule is C=CCN(C)C(=O)C1CC2C=C(C)C1OC2=O. The summed E-state index contributed by atoms with van der Waals surface area (Å²) in [5.41, 5.74) is 0.992. The normalized spacial score (nSPS) is 30.6. The second-order valence-electron chi connectivity index (χ2n) is 4.72. The number of rotatable bonds is 3. The smallest absolute Gasteiger partial charge is 0.313 e. The Morgan fingerprint density at radius 1 is 1.71 bits per heavy atom. The monoisotopic (exact) mass is 235 g/mol. The highest BCUT2D eigenvalue weighted by molar-refractivity contribution is 5.85. The number of amides is 1. The van der Waals surface area contributed by atoms with Gasteiger partial charge in [-0.3, -0.25) is 9.59 Å². The van der Waals surface area contributed by atoms with Gasteiger partial charge in [-0.05, 0) is 18.9 Å². The van der Waals surface area contributed by atoms with Gasteiger partial charge in [0, 0.05) is 13.6 Å². The number of ether oxygens (including phenoxy) is 1. The number of nitrogens with zero attached hydrogens (tertiary/aromatic N) is 1. The molecule has 1 fully saturated rings. The fourth-order valence-electron chi connectivity index (χ4n) is 2.54. The number of carbonyl (C=O) groups excluding carboxylic acids is 2. The minimum absolute atomic E-state index is 0.0276. The number of likely N-dealkylation sites (N-methyl/N-ethyl adjacent to an activating group) is 1. The lowest BCUT2D eigenvalue weighted by Crippen LogP contribution is -2.49. The van der Waals surface area contributed by atoms with E-state index in [0.29, 0.717) is 13.0 Å². The second kappa shape index (κ2) is 4.35. The fraction of sp³-hybridized carbons (Fsp3) is 0.538. The van der Waals surface area contributed by atoms with Gasteiger partial charge >= 0.3 is 5.97 Å². The topological polar surface area (TPSA) is 46.6 Å². The molecule has 3 aliphatic rings.